The van der Waals surface area contributed by atoms with Crippen LogP contribution in [-0.4, -0.2) is 52.0 Å². The van der Waals surface area contributed by atoms with Crippen LogP contribution in [0.15, 0.2) is 36.5 Å². The average molecular weight is 313 g/mol. The monoisotopic (exact) mass is 313 g/mol. The molecule has 6 heteroatoms. The van der Waals surface area contributed by atoms with Gasteiger partial charge in [0.05, 0.1) is 11.9 Å². The Morgan fingerprint density at radius 3 is 2.70 bits per heavy atom. The first kappa shape index (κ1) is 15.7. The van der Waals surface area contributed by atoms with E-state index in [9.17, 15) is 4.79 Å². The molecule has 1 aliphatic heterocycles. The summed E-state index contributed by atoms with van der Waals surface area (Å²) < 4.78 is 0. The number of amides is 1. The van der Waals surface area contributed by atoms with E-state index in [1.807, 2.05) is 30.3 Å². The molecule has 1 fully saturated rings. The number of likely N-dealkylation sites (tertiary alicyclic amines) is 1. The summed E-state index contributed by atoms with van der Waals surface area (Å²) in [5.74, 6) is -0.161. The second-order valence-electron chi connectivity index (χ2n) is 5.87. The van der Waals surface area contributed by atoms with Crippen LogP contribution in [0.25, 0.3) is 5.69 Å². The van der Waals surface area contributed by atoms with E-state index in [0.29, 0.717) is 12.2 Å². The number of carbonyl (C=O) groups excluding carboxylic acids is 1. The van der Waals surface area contributed by atoms with Crippen LogP contribution in [0.5, 0.6) is 0 Å². The average Bonchev–Trinajstić information content (AvgIpc) is 3.10. The topological polar surface area (TPSA) is 63.1 Å². The van der Waals surface area contributed by atoms with Crippen LogP contribution in [0, 0.1) is 0 Å². The Bertz CT molecular complexity index is 619. The molecule has 0 unspecified atom stereocenters. The lowest BCUT2D eigenvalue weighted by atomic mass is 10.1. The maximum absolute atomic E-state index is 12.1. The Balaban J connectivity index is 1.44. The van der Waals surface area contributed by atoms with Crippen LogP contribution >= 0.6 is 0 Å². The lowest BCUT2D eigenvalue weighted by Crippen LogP contribution is -2.33. The van der Waals surface area contributed by atoms with Gasteiger partial charge in [-0.1, -0.05) is 24.6 Å². The van der Waals surface area contributed by atoms with Crippen molar-refractivity contribution in [2.24, 2.45) is 0 Å². The Morgan fingerprint density at radius 1 is 1.13 bits per heavy atom. The van der Waals surface area contributed by atoms with Gasteiger partial charge < -0.3 is 10.2 Å². The van der Waals surface area contributed by atoms with Crippen molar-refractivity contribution in [2.45, 2.75) is 25.7 Å². The van der Waals surface area contributed by atoms with Gasteiger partial charge in [0.25, 0.3) is 5.91 Å². The lowest BCUT2D eigenvalue weighted by molar-refractivity contribution is 0.0945. The zero-order valence-corrected chi connectivity index (χ0v) is 13.3. The summed E-state index contributed by atoms with van der Waals surface area (Å²) in [6.07, 6.45) is 6.43. The number of hydrogen-bond acceptors (Lipinski definition) is 4. The highest BCUT2D eigenvalue weighted by molar-refractivity contribution is 5.91. The van der Waals surface area contributed by atoms with Gasteiger partial charge >= 0.3 is 0 Å². The number of nitrogens with one attached hydrogen (secondary N) is 1. The molecule has 23 heavy (non-hydrogen) atoms. The number of hydrogen-bond donors (Lipinski definition) is 1. The maximum atomic E-state index is 12.1. The fourth-order valence-corrected chi connectivity index (χ4v) is 2.83. The first-order valence-electron chi connectivity index (χ1n) is 8.31. The van der Waals surface area contributed by atoms with E-state index in [1.165, 1.54) is 43.3 Å². The largest absolute Gasteiger partial charge is 0.351 e. The van der Waals surface area contributed by atoms with Crippen molar-refractivity contribution in [1.29, 1.82) is 0 Å². The molecule has 0 aliphatic carbocycles. The van der Waals surface area contributed by atoms with Crippen molar-refractivity contribution in [3.63, 3.8) is 0 Å². The summed E-state index contributed by atoms with van der Waals surface area (Å²) in [6.45, 7) is 4.11. The fraction of sp³-hybridized carbons (Fsp3) is 0.471. The molecule has 1 saturated heterocycles. The van der Waals surface area contributed by atoms with E-state index >= 15 is 0 Å². The lowest BCUT2D eigenvalue weighted by Gasteiger charge is -2.26. The van der Waals surface area contributed by atoms with E-state index < -0.39 is 0 Å². The van der Waals surface area contributed by atoms with Crippen LogP contribution in [0.4, 0.5) is 0 Å². The van der Waals surface area contributed by atoms with Crippen molar-refractivity contribution in [3.8, 4) is 5.69 Å². The molecule has 0 saturated carbocycles. The Hall–Kier alpha value is -2.21. The van der Waals surface area contributed by atoms with Crippen LogP contribution < -0.4 is 5.32 Å². The SMILES string of the molecule is O=C(NCCCN1CCCCC1)c1cnn(-c2ccccc2)n1. The van der Waals surface area contributed by atoms with Crippen LogP contribution in [-0.2, 0) is 0 Å². The van der Waals surface area contributed by atoms with Gasteiger partial charge in [0.1, 0.15) is 0 Å². The molecule has 0 bridgehead atoms. The Labute approximate surface area is 136 Å². The molecule has 1 aromatic heterocycles. The van der Waals surface area contributed by atoms with Gasteiger partial charge in [-0.3, -0.25) is 4.79 Å². The number of benzene rings is 1. The molecule has 1 amide bonds. The second-order valence-corrected chi connectivity index (χ2v) is 5.87. The highest BCUT2D eigenvalue weighted by Gasteiger charge is 2.12. The van der Waals surface area contributed by atoms with Gasteiger partial charge in [-0.2, -0.15) is 9.90 Å². The summed E-state index contributed by atoms with van der Waals surface area (Å²) >= 11 is 0. The first-order chi connectivity index (χ1) is 11.3. The van der Waals surface area contributed by atoms with E-state index in [2.05, 4.69) is 20.4 Å². The summed E-state index contributed by atoms with van der Waals surface area (Å²) in [5.41, 5.74) is 1.20. The minimum absolute atomic E-state index is 0.161. The number of para-hydroxylation sites is 1. The smallest absolute Gasteiger partial charge is 0.273 e. The molecule has 2 aromatic rings. The van der Waals surface area contributed by atoms with Gasteiger partial charge in [0, 0.05) is 6.54 Å². The highest BCUT2D eigenvalue weighted by Crippen LogP contribution is 2.08. The number of nitrogens with zero attached hydrogens (tertiary/aromatic N) is 4. The van der Waals surface area contributed by atoms with Gasteiger partial charge in [-0.25, -0.2) is 0 Å². The summed E-state index contributed by atoms with van der Waals surface area (Å²) in [7, 11) is 0. The van der Waals surface area contributed by atoms with Gasteiger partial charge in [0.15, 0.2) is 5.69 Å². The van der Waals surface area contributed by atoms with E-state index in [-0.39, 0.29) is 5.91 Å². The van der Waals surface area contributed by atoms with Crippen molar-refractivity contribution >= 4 is 5.91 Å². The van der Waals surface area contributed by atoms with Gasteiger partial charge in [0.2, 0.25) is 0 Å². The molecule has 0 spiro atoms. The quantitative estimate of drug-likeness (QED) is 0.827. The normalized spacial score (nSPS) is 15.5. The van der Waals surface area contributed by atoms with E-state index in [0.717, 1.165) is 18.7 Å². The van der Waals surface area contributed by atoms with Crippen LogP contribution in [0.3, 0.4) is 0 Å². The summed E-state index contributed by atoms with van der Waals surface area (Å²) in [4.78, 5) is 16.0. The predicted molar refractivity (Wildman–Crippen MR) is 88.6 cm³/mol. The van der Waals surface area contributed by atoms with Gasteiger partial charge in [-0.05, 0) is 51.0 Å². The van der Waals surface area contributed by atoms with E-state index in [4.69, 9.17) is 0 Å². The first-order valence-corrected chi connectivity index (χ1v) is 8.31. The number of rotatable bonds is 6. The molecular formula is C17H23N5O. The Kier molecular flexibility index (Phi) is 5.37. The van der Waals surface area contributed by atoms with E-state index in [1.54, 1.807) is 0 Å². The summed E-state index contributed by atoms with van der Waals surface area (Å²) in [5, 5.41) is 11.3. The highest BCUT2D eigenvalue weighted by atomic mass is 16.2. The molecule has 2 heterocycles. The van der Waals surface area contributed by atoms with Crippen molar-refractivity contribution in [2.75, 3.05) is 26.2 Å². The summed E-state index contributed by atoms with van der Waals surface area (Å²) in [6, 6.07) is 9.57. The Morgan fingerprint density at radius 2 is 1.91 bits per heavy atom. The maximum Gasteiger partial charge on any atom is 0.273 e. The fourth-order valence-electron chi connectivity index (χ4n) is 2.83. The van der Waals surface area contributed by atoms with Gasteiger partial charge in [-0.15, -0.1) is 5.10 Å². The van der Waals surface area contributed by atoms with Crippen molar-refractivity contribution < 1.29 is 4.79 Å². The third kappa shape index (κ3) is 4.39. The number of aromatic nitrogens is 3. The molecule has 122 valence electrons. The zero-order valence-electron chi connectivity index (χ0n) is 13.3. The number of piperidine rings is 1. The molecule has 1 N–H and O–H groups in total. The third-order valence-corrected chi connectivity index (χ3v) is 4.10. The van der Waals surface area contributed by atoms with Crippen molar-refractivity contribution in [3.05, 3.63) is 42.2 Å². The van der Waals surface area contributed by atoms with Crippen LogP contribution in [0.1, 0.15) is 36.2 Å². The third-order valence-electron chi connectivity index (χ3n) is 4.10. The molecule has 0 radical (unpaired) electrons. The van der Waals surface area contributed by atoms with Crippen molar-refractivity contribution in [1.82, 2.24) is 25.2 Å². The molecule has 3 rings (SSSR count). The second kappa shape index (κ2) is 7.87. The predicted octanol–water partition coefficient (Wildman–Crippen LogP) is 1.87. The standard InChI is InChI=1S/C17H23N5O/c23-17(18-10-7-13-21-11-5-2-6-12-21)16-14-19-22(20-16)15-8-3-1-4-9-15/h1,3-4,8-9,14H,2,5-7,10-13H2,(H,18,23). The minimum atomic E-state index is -0.161. The molecule has 0 atom stereocenters. The molecule has 1 aromatic carbocycles. The number of carbonyl (C=O) groups is 1. The zero-order chi connectivity index (χ0) is 15.9. The minimum Gasteiger partial charge on any atom is -0.351 e. The molecule has 6 nitrogen and oxygen atoms in total. The molecular weight excluding hydrogens is 290 g/mol. The van der Waals surface area contributed by atoms with Crippen LogP contribution in [0.2, 0.25) is 0 Å². The molecule has 1 aliphatic rings.